The van der Waals surface area contributed by atoms with E-state index in [1.54, 1.807) is 0 Å². The Labute approximate surface area is 133 Å². The van der Waals surface area contributed by atoms with Crippen LogP contribution in [-0.4, -0.2) is 34.2 Å². The highest BCUT2D eigenvalue weighted by molar-refractivity contribution is 5.68. The van der Waals surface area contributed by atoms with Crippen LogP contribution < -0.4 is 0 Å². The predicted octanol–water partition coefficient (Wildman–Crippen LogP) is 3.97. The summed E-state index contributed by atoms with van der Waals surface area (Å²) < 4.78 is 5.54. The van der Waals surface area contributed by atoms with E-state index in [1.165, 1.54) is 5.56 Å². The summed E-state index contributed by atoms with van der Waals surface area (Å²) in [7, 11) is 0. The molecule has 4 nitrogen and oxygen atoms in total. The number of carbonyl (C=O) groups is 1. The number of aromatic nitrogens is 1. The Hall–Kier alpha value is -1.58. The van der Waals surface area contributed by atoms with E-state index in [4.69, 9.17) is 4.74 Å². The fourth-order valence-electron chi connectivity index (χ4n) is 2.99. The molecule has 122 valence electrons. The first-order chi connectivity index (χ1) is 10.2. The quantitative estimate of drug-likeness (QED) is 0.830. The highest BCUT2D eigenvalue weighted by Crippen LogP contribution is 2.26. The smallest absolute Gasteiger partial charge is 0.410 e. The summed E-state index contributed by atoms with van der Waals surface area (Å²) in [5.74, 6) is 0.491. The molecule has 0 aromatic carbocycles. The third-order valence-electron chi connectivity index (χ3n) is 4.09. The number of carbonyl (C=O) groups excluding carboxylic acids is 1. The normalized spacial score (nSPS) is 22.5. The van der Waals surface area contributed by atoms with E-state index in [0.29, 0.717) is 5.92 Å². The molecule has 0 saturated carbocycles. The third kappa shape index (κ3) is 4.72. The van der Waals surface area contributed by atoms with Gasteiger partial charge < -0.3 is 9.64 Å². The molecular formula is C18H28N2O2. The van der Waals surface area contributed by atoms with Crippen molar-refractivity contribution in [2.45, 2.75) is 65.5 Å². The fourth-order valence-corrected chi connectivity index (χ4v) is 2.99. The van der Waals surface area contributed by atoms with Crippen molar-refractivity contribution in [3.63, 3.8) is 0 Å². The molecule has 0 spiro atoms. The third-order valence-corrected chi connectivity index (χ3v) is 4.09. The minimum absolute atomic E-state index is 0.185. The van der Waals surface area contributed by atoms with Gasteiger partial charge in [-0.2, -0.15) is 0 Å². The van der Waals surface area contributed by atoms with Crippen LogP contribution >= 0.6 is 0 Å². The zero-order valence-corrected chi connectivity index (χ0v) is 14.4. The number of likely N-dealkylation sites (tertiary alicyclic amines) is 1. The molecule has 1 saturated heterocycles. The Morgan fingerprint density at radius 3 is 2.77 bits per heavy atom. The summed E-state index contributed by atoms with van der Waals surface area (Å²) in [6.07, 6.45) is 4.86. The van der Waals surface area contributed by atoms with Crippen LogP contribution in [0, 0.1) is 12.8 Å². The highest BCUT2D eigenvalue weighted by atomic mass is 16.6. The maximum atomic E-state index is 12.4. The van der Waals surface area contributed by atoms with Gasteiger partial charge in [-0.25, -0.2) is 4.79 Å². The first-order valence-electron chi connectivity index (χ1n) is 8.16. The predicted molar refractivity (Wildman–Crippen MR) is 87.8 cm³/mol. The van der Waals surface area contributed by atoms with Gasteiger partial charge in [0.25, 0.3) is 0 Å². The fraction of sp³-hybridized carbons (Fsp3) is 0.667. The molecule has 4 heteroatoms. The van der Waals surface area contributed by atoms with Gasteiger partial charge in [0.15, 0.2) is 0 Å². The number of rotatable bonds is 2. The minimum atomic E-state index is -0.439. The molecule has 0 N–H and O–H groups in total. The van der Waals surface area contributed by atoms with E-state index < -0.39 is 5.60 Å². The highest BCUT2D eigenvalue weighted by Gasteiger charge is 2.32. The summed E-state index contributed by atoms with van der Waals surface area (Å²) in [5.41, 5.74) is 1.91. The molecule has 22 heavy (non-hydrogen) atoms. The Morgan fingerprint density at radius 1 is 1.41 bits per heavy atom. The maximum absolute atomic E-state index is 12.4. The molecule has 1 fully saturated rings. The zero-order valence-electron chi connectivity index (χ0n) is 14.4. The van der Waals surface area contributed by atoms with Crippen LogP contribution in [0.4, 0.5) is 4.79 Å². The molecule has 0 aliphatic carbocycles. The van der Waals surface area contributed by atoms with Gasteiger partial charge in [0.05, 0.1) is 0 Å². The number of ether oxygens (including phenoxy) is 1. The molecular weight excluding hydrogens is 276 g/mol. The Bertz CT molecular complexity index is 522. The van der Waals surface area contributed by atoms with Crippen molar-refractivity contribution in [3.8, 4) is 0 Å². The molecule has 1 aromatic heterocycles. The van der Waals surface area contributed by atoms with E-state index >= 15 is 0 Å². The van der Waals surface area contributed by atoms with Crippen molar-refractivity contribution in [1.29, 1.82) is 0 Å². The number of piperidine rings is 1. The van der Waals surface area contributed by atoms with Gasteiger partial charge in [0, 0.05) is 24.5 Å². The summed E-state index contributed by atoms with van der Waals surface area (Å²) in [5, 5.41) is 0. The second-order valence-electron chi connectivity index (χ2n) is 7.43. The lowest BCUT2D eigenvalue weighted by atomic mass is 9.88. The molecule has 1 aliphatic rings. The summed E-state index contributed by atoms with van der Waals surface area (Å²) >= 11 is 0. The van der Waals surface area contributed by atoms with Crippen molar-refractivity contribution in [2.75, 3.05) is 6.54 Å². The lowest BCUT2D eigenvalue weighted by Crippen LogP contribution is -2.48. The molecule has 2 atom stereocenters. The average Bonchev–Trinajstić information content (AvgIpc) is 2.39. The van der Waals surface area contributed by atoms with Crippen molar-refractivity contribution in [1.82, 2.24) is 9.88 Å². The van der Waals surface area contributed by atoms with Gasteiger partial charge in [-0.3, -0.25) is 4.98 Å². The van der Waals surface area contributed by atoms with Gasteiger partial charge in [-0.1, -0.05) is 0 Å². The molecule has 1 aromatic rings. The number of hydrogen-bond acceptors (Lipinski definition) is 3. The molecule has 1 aliphatic heterocycles. The summed E-state index contributed by atoms with van der Waals surface area (Å²) in [4.78, 5) is 18.5. The van der Waals surface area contributed by atoms with E-state index in [0.717, 1.165) is 31.5 Å². The molecule has 0 unspecified atom stereocenters. The molecule has 0 radical (unpaired) electrons. The van der Waals surface area contributed by atoms with Crippen LogP contribution in [0.25, 0.3) is 0 Å². The number of amides is 1. The van der Waals surface area contributed by atoms with Crippen molar-refractivity contribution in [2.24, 2.45) is 5.92 Å². The van der Waals surface area contributed by atoms with E-state index in [-0.39, 0.29) is 12.1 Å². The van der Waals surface area contributed by atoms with E-state index in [2.05, 4.69) is 24.0 Å². The van der Waals surface area contributed by atoms with Crippen LogP contribution in [0.1, 0.15) is 51.8 Å². The SMILES string of the molecule is Cc1cc(C[C@H]2CC[C@H](C)N(C(=O)OC(C)(C)C)C2)ccn1. The number of aryl methyl sites for hydroxylation is 1. The summed E-state index contributed by atoms with van der Waals surface area (Å²) in [6, 6.07) is 4.46. The lowest BCUT2D eigenvalue weighted by molar-refractivity contribution is 0.00541. The Morgan fingerprint density at radius 2 is 2.14 bits per heavy atom. The topological polar surface area (TPSA) is 42.4 Å². The Balaban J connectivity index is 2.00. The van der Waals surface area contributed by atoms with Crippen LogP contribution in [0.15, 0.2) is 18.3 Å². The van der Waals surface area contributed by atoms with E-state index in [1.807, 2.05) is 38.8 Å². The number of nitrogens with zero attached hydrogens (tertiary/aromatic N) is 2. The van der Waals surface area contributed by atoms with E-state index in [9.17, 15) is 4.79 Å². The van der Waals surface area contributed by atoms with Gasteiger partial charge in [-0.15, -0.1) is 0 Å². The average molecular weight is 304 g/mol. The first kappa shape index (κ1) is 16.8. The lowest BCUT2D eigenvalue weighted by Gasteiger charge is -2.38. The van der Waals surface area contributed by atoms with Crippen LogP contribution in [-0.2, 0) is 11.2 Å². The van der Waals surface area contributed by atoms with Gasteiger partial charge in [0.2, 0.25) is 0 Å². The van der Waals surface area contributed by atoms with Gasteiger partial charge in [0.1, 0.15) is 5.60 Å². The Kier molecular flexibility index (Phi) is 5.09. The zero-order chi connectivity index (χ0) is 16.3. The second-order valence-corrected chi connectivity index (χ2v) is 7.43. The number of pyridine rings is 1. The van der Waals surface area contributed by atoms with Crippen LogP contribution in [0.5, 0.6) is 0 Å². The van der Waals surface area contributed by atoms with Crippen LogP contribution in [0.3, 0.4) is 0 Å². The molecule has 2 rings (SSSR count). The number of hydrogen-bond donors (Lipinski definition) is 0. The molecule has 1 amide bonds. The monoisotopic (exact) mass is 304 g/mol. The second kappa shape index (κ2) is 6.67. The van der Waals surface area contributed by atoms with Crippen LogP contribution in [0.2, 0.25) is 0 Å². The van der Waals surface area contributed by atoms with Crippen molar-refractivity contribution < 1.29 is 9.53 Å². The minimum Gasteiger partial charge on any atom is -0.444 e. The summed E-state index contributed by atoms with van der Waals surface area (Å²) in [6.45, 7) is 10.6. The standard InChI is InChI=1S/C18H28N2O2/c1-13-10-15(8-9-19-13)11-16-7-6-14(2)20(12-16)17(21)22-18(3,4)5/h8-10,14,16H,6-7,11-12H2,1-5H3/t14-,16+/m0/s1. The van der Waals surface area contributed by atoms with Gasteiger partial charge >= 0.3 is 6.09 Å². The molecule has 0 bridgehead atoms. The van der Waals surface area contributed by atoms with Gasteiger partial charge in [-0.05, 0) is 77.5 Å². The maximum Gasteiger partial charge on any atom is 0.410 e. The van der Waals surface area contributed by atoms with Crippen molar-refractivity contribution >= 4 is 6.09 Å². The molecule has 2 heterocycles. The van der Waals surface area contributed by atoms with Crippen molar-refractivity contribution in [3.05, 3.63) is 29.6 Å². The largest absolute Gasteiger partial charge is 0.444 e. The first-order valence-corrected chi connectivity index (χ1v) is 8.16.